The highest BCUT2D eigenvalue weighted by molar-refractivity contribution is 5.88. The minimum Gasteiger partial charge on any atom is -0.480 e. The minimum atomic E-state index is -1.11. The van der Waals surface area contributed by atoms with Crippen molar-refractivity contribution >= 4 is 18.0 Å². The van der Waals surface area contributed by atoms with E-state index in [1.807, 2.05) is 24.3 Å². The number of fused-ring (bicyclic) bond motifs is 3. The molecule has 0 heterocycles. The molecule has 2 saturated carbocycles. The second-order valence-corrected chi connectivity index (χ2v) is 10.1. The predicted octanol–water partition coefficient (Wildman–Crippen LogP) is 4.60. The number of hydrogen-bond acceptors (Lipinski definition) is 4. The van der Waals surface area contributed by atoms with E-state index >= 15 is 0 Å². The van der Waals surface area contributed by atoms with E-state index in [0.717, 1.165) is 43.2 Å². The molecule has 7 heteroatoms. The van der Waals surface area contributed by atoms with E-state index in [9.17, 15) is 19.5 Å². The Labute approximate surface area is 205 Å². The summed E-state index contributed by atoms with van der Waals surface area (Å²) in [5.41, 5.74) is 3.58. The van der Waals surface area contributed by atoms with Crippen molar-refractivity contribution in [1.82, 2.24) is 10.6 Å². The Morgan fingerprint density at radius 3 is 2.14 bits per heavy atom. The van der Waals surface area contributed by atoms with Gasteiger partial charge in [0.05, 0.1) is 0 Å². The molecule has 0 radical (unpaired) electrons. The molecule has 2 amide bonds. The molecule has 0 saturated heterocycles. The van der Waals surface area contributed by atoms with Crippen molar-refractivity contribution in [2.45, 2.75) is 68.9 Å². The molecule has 3 aliphatic rings. The Morgan fingerprint density at radius 2 is 1.54 bits per heavy atom. The summed E-state index contributed by atoms with van der Waals surface area (Å²) in [7, 11) is 0. The number of hydrogen-bond donors (Lipinski definition) is 3. The van der Waals surface area contributed by atoms with Gasteiger partial charge in [-0.05, 0) is 60.3 Å². The highest BCUT2D eigenvalue weighted by atomic mass is 16.5. The SMILES string of the molecule is O=C(CC1CCCCC1NC(=O)OCC1c2ccccc2-c2ccccc21)NC1(C(=O)O)CCC1. The van der Waals surface area contributed by atoms with Crippen LogP contribution in [0.3, 0.4) is 0 Å². The maximum atomic E-state index is 12.8. The van der Waals surface area contributed by atoms with Crippen LogP contribution in [-0.4, -0.2) is 41.3 Å². The zero-order valence-electron chi connectivity index (χ0n) is 19.8. The lowest BCUT2D eigenvalue weighted by Crippen LogP contribution is -2.59. The third kappa shape index (κ3) is 4.64. The van der Waals surface area contributed by atoms with Gasteiger partial charge < -0.3 is 20.5 Å². The zero-order chi connectivity index (χ0) is 24.4. The van der Waals surface area contributed by atoms with Gasteiger partial charge in [0.1, 0.15) is 12.1 Å². The van der Waals surface area contributed by atoms with Crippen LogP contribution in [0.25, 0.3) is 11.1 Å². The van der Waals surface area contributed by atoms with Crippen molar-refractivity contribution in [2.24, 2.45) is 5.92 Å². The molecule has 5 rings (SSSR count). The van der Waals surface area contributed by atoms with Crippen molar-refractivity contribution in [3.05, 3.63) is 59.7 Å². The van der Waals surface area contributed by atoms with Crippen LogP contribution in [0.1, 0.15) is 68.4 Å². The highest BCUT2D eigenvalue weighted by Crippen LogP contribution is 2.44. The lowest BCUT2D eigenvalue weighted by molar-refractivity contribution is -0.152. The second kappa shape index (κ2) is 9.72. The average Bonchev–Trinajstić information content (AvgIpc) is 3.15. The van der Waals surface area contributed by atoms with Gasteiger partial charge in [-0.1, -0.05) is 61.4 Å². The smallest absolute Gasteiger partial charge is 0.407 e. The predicted molar refractivity (Wildman–Crippen MR) is 131 cm³/mol. The number of alkyl carbamates (subject to hydrolysis) is 1. The minimum absolute atomic E-state index is 0.00392. The lowest BCUT2D eigenvalue weighted by atomic mass is 9.76. The van der Waals surface area contributed by atoms with Gasteiger partial charge in [0, 0.05) is 18.4 Å². The number of ether oxygens (including phenoxy) is 1. The van der Waals surface area contributed by atoms with Crippen LogP contribution in [0.4, 0.5) is 4.79 Å². The molecular weight excluding hydrogens is 444 g/mol. The molecule has 7 nitrogen and oxygen atoms in total. The van der Waals surface area contributed by atoms with Crippen LogP contribution in [0.2, 0.25) is 0 Å². The average molecular weight is 477 g/mol. The number of carbonyl (C=O) groups excluding carboxylic acids is 2. The van der Waals surface area contributed by atoms with E-state index in [4.69, 9.17) is 4.74 Å². The summed E-state index contributed by atoms with van der Waals surface area (Å²) in [5.74, 6) is -1.25. The van der Waals surface area contributed by atoms with Crippen LogP contribution in [0.15, 0.2) is 48.5 Å². The summed E-state index contributed by atoms with van der Waals surface area (Å²) in [6.45, 7) is 0.249. The molecule has 2 aromatic rings. The van der Waals surface area contributed by atoms with Gasteiger partial charge in [0.2, 0.25) is 5.91 Å². The first-order valence-electron chi connectivity index (χ1n) is 12.6. The van der Waals surface area contributed by atoms with E-state index in [0.29, 0.717) is 12.8 Å². The fraction of sp³-hybridized carbons (Fsp3) is 0.464. The third-order valence-corrected chi connectivity index (χ3v) is 8.00. The number of aliphatic carboxylic acids is 1. The van der Waals surface area contributed by atoms with Crippen LogP contribution >= 0.6 is 0 Å². The van der Waals surface area contributed by atoms with Gasteiger partial charge in [0.15, 0.2) is 0 Å². The molecular formula is C28H32N2O5. The van der Waals surface area contributed by atoms with E-state index in [-0.39, 0.29) is 36.8 Å². The third-order valence-electron chi connectivity index (χ3n) is 8.00. The first-order valence-corrected chi connectivity index (χ1v) is 12.6. The van der Waals surface area contributed by atoms with Gasteiger partial charge in [0.25, 0.3) is 0 Å². The first-order chi connectivity index (χ1) is 17.0. The van der Waals surface area contributed by atoms with Crippen molar-refractivity contribution in [2.75, 3.05) is 6.61 Å². The Kier molecular flexibility index (Phi) is 6.50. The van der Waals surface area contributed by atoms with E-state index < -0.39 is 17.6 Å². The summed E-state index contributed by atoms with van der Waals surface area (Å²) in [4.78, 5) is 37.0. The largest absolute Gasteiger partial charge is 0.480 e. The van der Waals surface area contributed by atoms with E-state index in [1.165, 1.54) is 11.1 Å². The maximum Gasteiger partial charge on any atom is 0.407 e. The maximum absolute atomic E-state index is 12.8. The van der Waals surface area contributed by atoms with Crippen LogP contribution in [-0.2, 0) is 14.3 Å². The normalized spacial score (nSPS) is 22.3. The Hall–Kier alpha value is -3.35. The molecule has 0 spiro atoms. The molecule has 3 N–H and O–H groups in total. The number of rotatable bonds is 7. The molecule has 2 aromatic carbocycles. The molecule has 3 aliphatic carbocycles. The first kappa shape index (κ1) is 23.4. The summed E-state index contributed by atoms with van der Waals surface area (Å²) < 4.78 is 5.71. The van der Waals surface area contributed by atoms with Crippen molar-refractivity contribution in [3.8, 4) is 11.1 Å². The molecule has 35 heavy (non-hydrogen) atoms. The number of carboxylic acids is 1. The van der Waals surface area contributed by atoms with Gasteiger partial charge in [-0.2, -0.15) is 0 Å². The molecule has 0 aliphatic heterocycles. The Morgan fingerprint density at radius 1 is 0.914 bits per heavy atom. The molecule has 2 unspecified atom stereocenters. The van der Waals surface area contributed by atoms with Crippen molar-refractivity contribution < 1.29 is 24.2 Å². The fourth-order valence-electron chi connectivity index (χ4n) is 5.91. The number of carboxylic acid groups (broad SMARTS) is 1. The highest BCUT2D eigenvalue weighted by Gasteiger charge is 2.46. The zero-order valence-corrected chi connectivity index (χ0v) is 19.8. The van der Waals surface area contributed by atoms with Crippen LogP contribution in [0.5, 0.6) is 0 Å². The fourth-order valence-corrected chi connectivity index (χ4v) is 5.91. The topological polar surface area (TPSA) is 105 Å². The van der Waals surface area contributed by atoms with Gasteiger partial charge in [-0.15, -0.1) is 0 Å². The number of nitrogens with one attached hydrogen (secondary N) is 2. The Balaban J connectivity index is 1.18. The number of carbonyl (C=O) groups is 3. The molecule has 2 fully saturated rings. The standard InChI is InChI=1S/C28H32N2O5/c31-25(30-28(26(32)33)14-7-15-28)16-18-8-1-6-13-24(18)29-27(34)35-17-23-21-11-4-2-9-19(21)20-10-3-5-12-22(20)23/h2-5,9-12,18,23-24H,1,6-8,13-17H2,(H,29,34)(H,30,31)(H,32,33). The molecule has 184 valence electrons. The van der Waals surface area contributed by atoms with Crippen LogP contribution < -0.4 is 10.6 Å². The summed E-state index contributed by atoms with van der Waals surface area (Å²) in [6.07, 6.45) is 5.07. The van der Waals surface area contributed by atoms with Crippen molar-refractivity contribution in [1.29, 1.82) is 0 Å². The van der Waals surface area contributed by atoms with Crippen molar-refractivity contribution in [3.63, 3.8) is 0 Å². The van der Waals surface area contributed by atoms with E-state index in [2.05, 4.69) is 34.9 Å². The lowest BCUT2D eigenvalue weighted by Gasteiger charge is -2.39. The molecule has 2 atom stereocenters. The van der Waals surface area contributed by atoms with Gasteiger partial charge >= 0.3 is 12.1 Å². The van der Waals surface area contributed by atoms with Gasteiger partial charge in [-0.3, -0.25) is 4.79 Å². The molecule has 0 bridgehead atoms. The summed E-state index contributed by atoms with van der Waals surface area (Å²) >= 11 is 0. The Bertz CT molecular complexity index is 1080. The van der Waals surface area contributed by atoms with Gasteiger partial charge in [-0.25, -0.2) is 9.59 Å². The number of amides is 2. The summed E-state index contributed by atoms with van der Waals surface area (Å²) in [6, 6.07) is 16.3. The monoisotopic (exact) mass is 476 g/mol. The number of benzene rings is 2. The van der Waals surface area contributed by atoms with Crippen LogP contribution in [0, 0.1) is 5.92 Å². The quantitative estimate of drug-likeness (QED) is 0.542. The van der Waals surface area contributed by atoms with E-state index in [1.54, 1.807) is 0 Å². The summed E-state index contributed by atoms with van der Waals surface area (Å²) in [5, 5.41) is 15.2. The second-order valence-electron chi connectivity index (χ2n) is 10.1. The molecule has 0 aromatic heterocycles.